The number of carboxylic acids is 1. The van der Waals surface area contributed by atoms with E-state index in [1.807, 2.05) is 0 Å². The van der Waals surface area contributed by atoms with E-state index in [1.54, 1.807) is 24.0 Å². The maximum Gasteiger partial charge on any atom is 0.325 e. The first kappa shape index (κ1) is 13.3. The Morgan fingerprint density at radius 3 is 3.00 bits per heavy atom. The van der Waals surface area contributed by atoms with Gasteiger partial charge in [0.05, 0.1) is 18.4 Å². The van der Waals surface area contributed by atoms with Crippen molar-refractivity contribution in [2.45, 2.75) is 19.4 Å². The summed E-state index contributed by atoms with van der Waals surface area (Å²) in [6.45, 7) is 1.41. The predicted octanol–water partition coefficient (Wildman–Crippen LogP) is 1.53. The summed E-state index contributed by atoms with van der Waals surface area (Å²) in [6.07, 6.45) is 3.19. The minimum absolute atomic E-state index is 0.0615. The van der Waals surface area contributed by atoms with Crippen LogP contribution in [0.1, 0.15) is 12.6 Å². The molecule has 0 aromatic carbocycles. The molecule has 1 unspecified atom stereocenters. The van der Waals surface area contributed by atoms with Crippen LogP contribution in [0.5, 0.6) is 0 Å². The number of carbonyl (C=O) groups excluding carboxylic acids is 1. The molecule has 1 amide bonds. The summed E-state index contributed by atoms with van der Waals surface area (Å²) in [5.74, 6) is -1.43. The van der Waals surface area contributed by atoms with Gasteiger partial charge in [-0.1, -0.05) is 0 Å². The lowest BCUT2D eigenvalue weighted by Crippen LogP contribution is -2.39. The van der Waals surface area contributed by atoms with Gasteiger partial charge in [-0.15, -0.1) is 11.3 Å². The molecule has 0 fully saturated rings. The molecule has 7 heteroatoms. The zero-order valence-electron chi connectivity index (χ0n) is 10.1. The maximum atomic E-state index is 11.6. The number of nitrogens with one attached hydrogen (secondary N) is 1. The molecule has 6 nitrogen and oxygen atoms in total. The second-order valence-corrected chi connectivity index (χ2v) is 4.82. The number of amides is 1. The molecule has 0 saturated heterocycles. The Labute approximate surface area is 113 Å². The topological polar surface area (TPSA) is 92.4 Å². The van der Waals surface area contributed by atoms with Crippen molar-refractivity contribution in [3.8, 4) is 10.6 Å². The van der Waals surface area contributed by atoms with Gasteiger partial charge in [-0.2, -0.15) is 0 Å². The second kappa shape index (κ2) is 5.66. The first-order chi connectivity index (χ1) is 9.06. The number of rotatable bonds is 5. The standard InChI is InChI=1S/C12H12N2O4S/c1-7(12(16)17)13-10(15)4-9-6-19-11(14-9)8-2-3-18-5-8/h2-3,5-7H,4H2,1H3,(H,13,15)(H,16,17). The number of hydrogen-bond donors (Lipinski definition) is 2. The highest BCUT2D eigenvalue weighted by Crippen LogP contribution is 2.23. The fourth-order valence-corrected chi connectivity index (χ4v) is 2.23. The van der Waals surface area contributed by atoms with Crippen LogP contribution in [-0.2, 0) is 16.0 Å². The Balaban J connectivity index is 1.97. The summed E-state index contributed by atoms with van der Waals surface area (Å²) in [7, 11) is 0. The van der Waals surface area contributed by atoms with Gasteiger partial charge in [0.15, 0.2) is 0 Å². The second-order valence-electron chi connectivity index (χ2n) is 3.96. The largest absolute Gasteiger partial charge is 0.480 e. The molecule has 2 aromatic rings. The molecule has 0 aliphatic carbocycles. The van der Waals surface area contributed by atoms with E-state index in [4.69, 9.17) is 9.52 Å². The first-order valence-corrected chi connectivity index (χ1v) is 6.43. The molecule has 2 heterocycles. The summed E-state index contributed by atoms with van der Waals surface area (Å²) in [6, 6.07) is 0.884. The molecule has 0 spiro atoms. The molecule has 0 bridgehead atoms. The van der Waals surface area contributed by atoms with Crippen molar-refractivity contribution in [1.82, 2.24) is 10.3 Å². The summed E-state index contributed by atoms with van der Waals surface area (Å²) in [5.41, 5.74) is 1.46. The molecule has 1 atom stereocenters. The van der Waals surface area contributed by atoms with Crippen molar-refractivity contribution in [2.24, 2.45) is 0 Å². The van der Waals surface area contributed by atoms with E-state index in [9.17, 15) is 9.59 Å². The Morgan fingerprint density at radius 2 is 2.37 bits per heavy atom. The number of hydrogen-bond acceptors (Lipinski definition) is 5. The minimum Gasteiger partial charge on any atom is -0.480 e. The average molecular weight is 280 g/mol. The molecule has 2 aromatic heterocycles. The van der Waals surface area contributed by atoms with Crippen molar-refractivity contribution in [1.29, 1.82) is 0 Å². The zero-order valence-corrected chi connectivity index (χ0v) is 10.9. The highest BCUT2D eigenvalue weighted by molar-refractivity contribution is 7.13. The van der Waals surface area contributed by atoms with Gasteiger partial charge < -0.3 is 14.8 Å². The fourth-order valence-electron chi connectivity index (χ4n) is 1.43. The Kier molecular flexibility index (Phi) is 3.96. The van der Waals surface area contributed by atoms with Gasteiger partial charge in [0, 0.05) is 10.9 Å². The molecule has 0 saturated carbocycles. The Hall–Kier alpha value is -2.15. The van der Waals surface area contributed by atoms with Crippen LogP contribution >= 0.6 is 11.3 Å². The molecular weight excluding hydrogens is 268 g/mol. The van der Waals surface area contributed by atoms with Crippen LogP contribution in [0, 0.1) is 0 Å². The fraction of sp³-hybridized carbons (Fsp3) is 0.250. The van der Waals surface area contributed by atoms with E-state index in [-0.39, 0.29) is 12.3 Å². The number of nitrogens with zero attached hydrogens (tertiary/aromatic N) is 1. The minimum atomic E-state index is -1.06. The molecular formula is C12H12N2O4S. The molecule has 100 valence electrons. The van der Waals surface area contributed by atoms with Crippen LogP contribution in [0.15, 0.2) is 28.4 Å². The zero-order chi connectivity index (χ0) is 13.8. The number of aliphatic carboxylic acids is 1. The lowest BCUT2D eigenvalue weighted by Gasteiger charge is -2.07. The van der Waals surface area contributed by atoms with E-state index in [0.29, 0.717) is 5.69 Å². The average Bonchev–Trinajstić information content (AvgIpc) is 2.97. The highest BCUT2D eigenvalue weighted by atomic mass is 32.1. The van der Waals surface area contributed by atoms with Crippen molar-refractivity contribution < 1.29 is 19.1 Å². The van der Waals surface area contributed by atoms with Crippen LogP contribution in [0.4, 0.5) is 0 Å². The van der Waals surface area contributed by atoms with Crippen LogP contribution in [0.2, 0.25) is 0 Å². The van der Waals surface area contributed by atoms with Crippen LogP contribution in [-0.4, -0.2) is 28.0 Å². The van der Waals surface area contributed by atoms with Gasteiger partial charge >= 0.3 is 5.97 Å². The van der Waals surface area contributed by atoms with Gasteiger partial charge in [0.1, 0.15) is 17.3 Å². The third-order valence-corrected chi connectivity index (χ3v) is 3.35. The maximum absolute atomic E-state index is 11.6. The highest BCUT2D eigenvalue weighted by Gasteiger charge is 2.15. The van der Waals surface area contributed by atoms with Crippen molar-refractivity contribution in [2.75, 3.05) is 0 Å². The van der Waals surface area contributed by atoms with Gasteiger partial charge in [-0.05, 0) is 13.0 Å². The quantitative estimate of drug-likeness (QED) is 0.866. The Bertz CT molecular complexity index is 576. The number of furan rings is 1. The van der Waals surface area contributed by atoms with E-state index in [0.717, 1.165) is 10.6 Å². The van der Waals surface area contributed by atoms with E-state index >= 15 is 0 Å². The van der Waals surface area contributed by atoms with E-state index < -0.39 is 12.0 Å². The number of carbonyl (C=O) groups is 2. The monoisotopic (exact) mass is 280 g/mol. The van der Waals surface area contributed by atoms with E-state index in [1.165, 1.54) is 18.3 Å². The lowest BCUT2D eigenvalue weighted by atomic mass is 10.3. The lowest BCUT2D eigenvalue weighted by molar-refractivity contribution is -0.141. The van der Waals surface area contributed by atoms with Crippen LogP contribution < -0.4 is 5.32 Å². The number of aromatic nitrogens is 1. The first-order valence-electron chi connectivity index (χ1n) is 5.55. The van der Waals surface area contributed by atoms with Gasteiger partial charge in [-0.3, -0.25) is 9.59 Å². The smallest absolute Gasteiger partial charge is 0.325 e. The molecule has 2 rings (SSSR count). The summed E-state index contributed by atoms with van der Waals surface area (Å²) >= 11 is 1.41. The van der Waals surface area contributed by atoms with E-state index in [2.05, 4.69) is 10.3 Å². The number of carboxylic acid groups (broad SMARTS) is 1. The van der Waals surface area contributed by atoms with Crippen LogP contribution in [0.3, 0.4) is 0 Å². The summed E-state index contributed by atoms with van der Waals surface area (Å²) in [4.78, 5) is 26.5. The number of thiazole rings is 1. The predicted molar refractivity (Wildman–Crippen MR) is 68.8 cm³/mol. The third-order valence-electron chi connectivity index (χ3n) is 2.41. The van der Waals surface area contributed by atoms with Crippen LogP contribution in [0.25, 0.3) is 10.6 Å². The third kappa shape index (κ3) is 3.41. The SMILES string of the molecule is CC(NC(=O)Cc1csc(-c2ccoc2)n1)C(=O)O. The van der Waals surface area contributed by atoms with Gasteiger partial charge in [0.25, 0.3) is 0 Å². The van der Waals surface area contributed by atoms with Crippen molar-refractivity contribution in [3.05, 3.63) is 29.7 Å². The molecule has 19 heavy (non-hydrogen) atoms. The molecule has 0 aliphatic heterocycles. The van der Waals surface area contributed by atoms with Gasteiger partial charge in [0.2, 0.25) is 5.91 Å². The molecule has 2 N–H and O–H groups in total. The molecule has 0 aliphatic rings. The van der Waals surface area contributed by atoms with Crippen molar-refractivity contribution in [3.63, 3.8) is 0 Å². The van der Waals surface area contributed by atoms with Crippen molar-refractivity contribution >= 4 is 23.2 Å². The normalized spacial score (nSPS) is 12.1. The molecule has 0 radical (unpaired) electrons. The summed E-state index contributed by atoms with van der Waals surface area (Å²) < 4.78 is 4.96. The Morgan fingerprint density at radius 1 is 1.58 bits per heavy atom. The van der Waals surface area contributed by atoms with Gasteiger partial charge in [-0.25, -0.2) is 4.98 Å². The summed E-state index contributed by atoms with van der Waals surface area (Å²) in [5, 5.41) is 13.6.